The molecule has 2 saturated heterocycles. The molecular formula is C33H27Cl2N5O9. The highest BCUT2D eigenvalue weighted by Gasteiger charge is 2.76. The molecule has 16 heteroatoms. The number of halogens is 2. The van der Waals surface area contributed by atoms with E-state index in [1.807, 2.05) is 0 Å². The van der Waals surface area contributed by atoms with Crippen molar-refractivity contribution in [2.75, 3.05) is 30.9 Å². The maximum absolute atomic E-state index is 14.4. The number of fused-ring (bicyclic) bond motifs is 5. The molecule has 49 heavy (non-hydrogen) atoms. The van der Waals surface area contributed by atoms with Crippen LogP contribution in [0.1, 0.15) is 24.3 Å². The van der Waals surface area contributed by atoms with Gasteiger partial charge in [0.2, 0.25) is 11.8 Å². The van der Waals surface area contributed by atoms with Crippen LogP contribution in [-0.2, 0) is 19.2 Å². The van der Waals surface area contributed by atoms with Crippen LogP contribution in [0.4, 0.5) is 22.7 Å². The number of imide groups is 2. The third kappa shape index (κ3) is 4.13. The number of benzene rings is 3. The van der Waals surface area contributed by atoms with Gasteiger partial charge in [0.1, 0.15) is 5.75 Å². The van der Waals surface area contributed by atoms with Crippen LogP contribution in [0.15, 0.2) is 60.2 Å². The number of hydrogen-bond donors (Lipinski definition) is 1. The normalized spacial score (nSPS) is 29.1. The third-order valence-corrected chi connectivity index (χ3v) is 11.8. The van der Waals surface area contributed by atoms with Gasteiger partial charge in [-0.1, -0.05) is 42.0 Å². The number of nitrogens with zero attached hydrogens (tertiary/aromatic N) is 5. The van der Waals surface area contributed by atoms with E-state index in [2.05, 4.69) is 0 Å². The molecule has 0 radical (unpaired) electrons. The van der Waals surface area contributed by atoms with E-state index in [0.717, 1.165) is 21.9 Å². The molecule has 14 nitrogen and oxygen atoms in total. The van der Waals surface area contributed by atoms with E-state index in [1.54, 1.807) is 36.4 Å². The van der Waals surface area contributed by atoms with Gasteiger partial charge in [-0.25, -0.2) is 4.90 Å². The van der Waals surface area contributed by atoms with Crippen molar-refractivity contribution in [2.24, 2.45) is 17.8 Å². The van der Waals surface area contributed by atoms with Gasteiger partial charge < -0.3 is 10.0 Å². The fourth-order valence-corrected chi connectivity index (χ4v) is 9.37. The quantitative estimate of drug-likeness (QED) is 0.129. The van der Waals surface area contributed by atoms with Crippen LogP contribution in [0.2, 0.25) is 0 Å². The highest BCUT2D eigenvalue weighted by Crippen LogP contribution is 2.66. The number of anilines is 2. The Bertz CT molecular complexity index is 2090. The predicted molar refractivity (Wildman–Crippen MR) is 178 cm³/mol. The first-order valence-electron chi connectivity index (χ1n) is 15.2. The second kappa shape index (κ2) is 10.7. The van der Waals surface area contributed by atoms with Gasteiger partial charge in [-0.05, 0) is 35.8 Å². The smallest absolute Gasteiger partial charge is 0.301 e. The first kappa shape index (κ1) is 32.5. The minimum absolute atomic E-state index is 0.00425. The van der Waals surface area contributed by atoms with Crippen LogP contribution in [0.25, 0.3) is 10.8 Å². The predicted octanol–water partition coefficient (Wildman–Crippen LogP) is 4.62. The zero-order valence-corrected chi connectivity index (χ0v) is 27.6. The molecular weight excluding hydrogens is 681 g/mol. The SMILES string of the molecule is CN1C(=O)C2(Cl)CC3C(=CCC4C(=O)N(c5cc([N+](=O)[O-])c(N(C)C)c([N+](=O)[O-])c5)C(=O)C43)C(c3ccc(O)c4ccccc34)C2(Cl)C1=O. The van der Waals surface area contributed by atoms with E-state index in [1.165, 1.54) is 32.1 Å². The Morgan fingerprint density at radius 3 is 2.10 bits per heavy atom. The van der Waals surface area contributed by atoms with Crippen molar-refractivity contribution < 1.29 is 34.1 Å². The molecule has 0 aromatic heterocycles. The lowest BCUT2D eigenvalue weighted by Crippen LogP contribution is -2.60. The van der Waals surface area contributed by atoms with E-state index in [-0.39, 0.29) is 30.0 Å². The zero-order valence-electron chi connectivity index (χ0n) is 26.1. The molecule has 1 N–H and O–H groups in total. The Hall–Kier alpha value is -5.08. The second-order valence-electron chi connectivity index (χ2n) is 13.0. The molecule has 3 fully saturated rings. The zero-order chi connectivity index (χ0) is 35.5. The molecule has 252 valence electrons. The number of rotatable bonds is 5. The molecule has 0 spiro atoms. The fourth-order valence-electron chi connectivity index (χ4n) is 8.36. The van der Waals surface area contributed by atoms with Crippen molar-refractivity contribution in [2.45, 2.75) is 28.5 Å². The Kier molecular flexibility index (Phi) is 7.10. The Morgan fingerprint density at radius 2 is 1.51 bits per heavy atom. The number of nitro groups is 2. The van der Waals surface area contributed by atoms with E-state index >= 15 is 0 Å². The molecule has 2 aliphatic heterocycles. The highest BCUT2D eigenvalue weighted by molar-refractivity contribution is 6.53. The molecule has 6 atom stereocenters. The average molecular weight is 709 g/mol. The van der Waals surface area contributed by atoms with Crippen molar-refractivity contribution >= 4 is 80.4 Å². The average Bonchev–Trinajstić information content (AvgIpc) is 3.39. The van der Waals surface area contributed by atoms with E-state index in [9.17, 15) is 44.5 Å². The number of carbonyl (C=O) groups excluding carboxylic acids is 4. The summed E-state index contributed by atoms with van der Waals surface area (Å²) >= 11 is 14.5. The second-order valence-corrected chi connectivity index (χ2v) is 14.2. The van der Waals surface area contributed by atoms with Gasteiger partial charge in [0.25, 0.3) is 11.8 Å². The number of phenols is 1. The third-order valence-electron chi connectivity index (χ3n) is 10.4. The number of alkyl halides is 2. The van der Waals surface area contributed by atoms with Crippen LogP contribution >= 0.6 is 23.2 Å². The van der Waals surface area contributed by atoms with Crippen LogP contribution in [-0.4, -0.2) is 74.4 Å². The summed E-state index contributed by atoms with van der Waals surface area (Å²) in [7, 11) is 4.06. The summed E-state index contributed by atoms with van der Waals surface area (Å²) in [4.78, 5) is 77.3. The Balaban J connectivity index is 1.41. The number of phenolic OH excluding ortho intramolecular Hbond substituents is 1. The molecule has 2 heterocycles. The molecule has 3 aromatic carbocycles. The lowest BCUT2D eigenvalue weighted by atomic mass is 9.56. The number of likely N-dealkylation sites (tertiary alicyclic amines) is 1. The fraction of sp³-hybridized carbons (Fsp3) is 0.333. The first-order valence-corrected chi connectivity index (χ1v) is 15.9. The summed E-state index contributed by atoms with van der Waals surface area (Å²) in [5, 5.41) is 35.8. The Morgan fingerprint density at radius 1 is 0.898 bits per heavy atom. The largest absolute Gasteiger partial charge is 0.507 e. The first-order chi connectivity index (χ1) is 23.1. The van der Waals surface area contributed by atoms with Gasteiger partial charge >= 0.3 is 11.4 Å². The van der Waals surface area contributed by atoms with Gasteiger partial charge in [0.05, 0.1) is 27.4 Å². The monoisotopic (exact) mass is 707 g/mol. The minimum atomic E-state index is -2.06. The standard InChI is InChI=1S/C33H27Cl2N5O9/c1-36(2)27-22(39(46)47)12-15(13-23(27)40(48)49)38-28(42)20-9-8-19-21(25(20)29(38)43)14-32(34)30(44)37(3)31(45)33(32,35)26(19)18-10-11-24(41)17-7-5-4-6-16(17)18/h4-8,10-13,20-21,25-26,41H,9,14H2,1-3H3. The molecule has 6 unspecified atom stereocenters. The number of aromatic hydroxyl groups is 1. The van der Waals surface area contributed by atoms with Gasteiger partial charge in [-0.15, -0.1) is 23.2 Å². The number of allylic oxidation sites excluding steroid dienone is 2. The van der Waals surface area contributed by atoms with Gasteiger partial charge in [-0.3, -0.25) is 44.3 Å². The number of nitro benzene ring substituents is 2. The van der Waals surface area contributed by atoms with Crippen molar-refractivity contribution in [1.29, 1.82) is 0 Å². The number of amides is 4. The summed E-state index contributed by atoms with van der Waals surface area (Å²) in [6.07, 6.45) is 1.44. The van der Waals surface area contributed by atoms with Crippen LogP contribution < -0.4 is 9.80 Å². The lowest BCUT2D eigenvalue weighted by molar-refractivity contribution is -0.392. The Labute approximate surface area is 287 Å². The summed E-state index contributed by atoms with van der Waals surface area (Å²) in [6.45, 7) is 0. The summed E-state index contributed by atoms with van der Waals surface area (Å²) in [6, 6.07) is 11.8. The van der Waals surface area contributed by atoms with E-state index in [4.69, 9.17) is 23.2 Å². The summed E-state index contributed by atoms with van der Waals surface area (Å²) < 4.78 is 0. The molecule has 3 aromatic rings. The number of hydrogen-bond acceptors (Lipinski definition) is 10. The summed E-state index contributed by atoms with van der Waals surface area (Å²) in [5.41, 5.74) is -1.03. The maximum atomic E-state index is 14.4. The van der Waals surface area contributed by atoms with Crippen molar-refractivity contribution in [3.63, 3.8) is 0 Å². The molecule has 2 aliphatic carbocycles. The highest BCUT2D eigenvalue weighted by atomic mass is 35.5. The lowest BCUT2D eigenvalue weighted by Gasteiger charge is -2.51. The van der Waals surface area contributed by atoms with Crippen molar-refractivity contribution in [1.82, 2.24) is 4.90 Å². The topological polar surface area (TPSA) is 185 Å². The van der Waals surface area contributed by atoms with Gasteiger partial charge in [0.15, 0.2) is 15.4 Å². The van der Waals surface area contributed by atoms with Gasteiger partial charge in [0, 0.05) is 44.6 Å². The van der Waals surface area contributed by atoms with Gasteiger partial charge in [-0.2, -0.15) is 0 Å². The molecule has 0 bridgehead atoms. The van der Waals surface area contributed by atoms with E-state index in [0.29, 0.717) is 21.9 Å². The minimum Gasteiger partial charge on any atom is -0.507 e. The molecule has 7 rings (SSSR count). The van der Waals surface area contributed by atoms with E-state index < -0.39 is 78.3 Å². The number of carbonyl (C=O) groups is 4. The van der Waals surface area contributed by atoms with Crippen molar-refractivity contribution in [3.05, 3.63) is 86.0 Å². The molecule has 4 aliphatic rings. The maximum Gasteiger partial charge on any atom is 0.301 e. The summed E-state index contributed by atoms with van der Waals surface area (Å²) in [5.74, 6) is -7.20. The van der Waals surface area contributed by atoms with Crippen LogP contribution in [0.3, 0.4) is 0 Å². The van der Waals surface area contributed by atoms with Crippen LogP contribution in [0.5, 0.6) is 5.75 Å². The molecule has 1 saturated carbocycles. The van der Waals surface area contributed by atoms with Crippen molar-refractivity contribution in [3.8, 4) is 5.75 Å². The molecule has 4 amide bonds. The van der Waals surface area contributed by atoms with Crippen LogP contribution in [0, 0.1) is 38.0 Å².